The number of benzene rings is 2. The molecule has 2 aromatic rings. The second-order valence-electron chi connectivity index (χ2n) is 5.18. The second-order valence-corrected chi connectivity index (χ2v) is 5.18. The zero-order valence-electron chi connectivity index (χ0n) is 11.3. The molecule has 21 heavy (non-hydrogen) atoms. The summed E-state index contributed by atoms with van der Waals surface area (Å²) in [6, 6.07) is 16.9. The SMILES string of the molecule is O=C1CC(c2ccc(-c3ccccc3)cc2)C(C(=O)O)N1. The number of carbonyl (C=O) groups is 2. The molecular weight excluding hydrogens is 266 g/mol. The highest BCUT2D eigenvalue weighted by molar-refractivity contribution is 5.89. The summed E-state index contributed by atoms with van der Waals surface area (Å²) in [5.41, 5.74) is 3.06. The second kappa shape index (κ2) is 5.40. The third-order valence-corrected chi connectivity index (χ3v) is 3.84. The zero-order valence-corrected chi connectivity index (χ0v) is 11.3. The Labute approximate surface area is 122 Å². The summed E-state index contributed by atoms with van der Waals surface area (Å²) >= 11 is 0. The topological polar surface area (TPSA) is 66.4 Å². The van der Waals surface area contributed by atoms with E-state index in [1.165, 1.54) is 0 Å². The molecule has 1 aliphatic rings. The van der Waals surface area contributed by atoms with Crippen LogP contribution in [0.3, 0.4) is 0 Å². The molecule has 106 valence electrons. The molecule has 2 unspecified atom stereocenters. The Morgan fingerprint density at radius 1 is 1.00 bits per heavy atom. The number of hydrogen-bond donors (Lipinski definition) is 2. The van der Waals surface area contributed by atoms with E-state index in [9.17, 15) is 14.7 Å². The Morgan fingerprint density at radius 2 is 1.62 bits per heavy atom. The van der Waals surface area contributed by atoms with Crippen LogP contribution in [0.25, 0.3) is 11.1 Å². The van der Waals surface area contributed by atoms with Crippen molar-refractivity contribution < 1.29 is 14.7 Å². The number of nitrogens with one attached hydrogen (secondary N) is 1. The molecule has 2 aromatic carbocycles. The van der Waals surface area contributed by atoms with Gasteiger partial charge in [-0.2, -0.15) is 0 Å². The van der Waals surface area contributed by atoms with Crippen LogP contribution < -0.4 is 5.32 Å². The third kappa shape index (κ3) is 2.65. The Bertz CT molecular complexity index is 664. The van der Waals surface area contributed by atoms with Crippen molar-refractivity contribution in [3.05, 3.63) is 60.2 Å². The standard InChI is InChI=1S/C17H15NO3/c19-15-10-14(16(18-15)17(20)21)13-8-6-12(7-9-13)11-4-2-1-3-5-11/h1-9,14,16H,10H2,(H,18,19)(H,20,21). The molecule has 1 fully saturated rings. The molecule has 0 bridgehead atoms. The molecule has 4 nitrogen and oxygen atoms in total. The average Bonchev–Trinajstić information content (AvgIpc) is 2.91. The van der Waals surface area contributed by atoms with Gasteiger partial charge < -0.3 is 10.4 Å². The first-order valence-electron chi connectivity index (χ1n) is 6.83. The molecule has 1 heterocycles. The van der Waals surface area contributed by atoms with E-state index in [1.54, 1.807) is 0 Å². The van der Waals surface area contributed by atoms with Gasteiger partial charge in [-0.15, -0.1) is 0 Å². The highest BCUT2D eigenvalue weighted by atomic mass is 16.4. The van der Waals surface area contributed by atoms with Crippen LogP contribution in [-0.4, -0.2) is 23.0 Å². The number of amides is 1. The Kier molecular flexibility index (Phi) is 3.44. The van der Waals surface area contributed by atoms with Crippen LogP contribution in [0.2, 0.25) is 0 Å². The molecular formula is C17H15NO3. The zero-order chi connectivity index (χ0) is 14.8. The summed E-state index contributed by atoms with van der Waals surface area (Å²) in [5, 5.41) is 11.7. The minimum atomic E-state index is -0.988. The van der Waals surface area contributed by atoms with Gasteiger partial charge in [0.15, 0.2) is 0 Å². The van der Waals surface area contributed by atoms with Gasteiger partial charge >= 0.3 is 5.97 Å². The van der Waals surface area contributed by atoms with Gasteiger partial charge in [0.25, 0.3) is 0 Å². The van der Waals surface area contributed by atoms with Crippen LogP contribution in [-0.2, 0) is 9.59 Å². The normalized spacial score (nSPS) is 21.0. The molecule has 3 rings (SSSR count). The highest BCUT2D eigenvalue weighted by Crippen LogP contribution is 2.30. The van der Waals surface area contributed by atoms with E-state index in [0.29, 0.717) is 0 Å². The van der Waals surface area contributed by atoms with Gasteiger partial charge in [0.2, 0.25) is 5.91 Å². The predicted molar refractivity (Wildman–Crippen MR) is 78.8 cm³/mol. The molecule has 1 saturated heterocycles. The van der Waals surface area contributed by atoms with Gasteiger partial charge in [-0.1, -0.05) is 54.6 Å². The maximum absolute atomic E-state index is 11.5. The van der Waals surface area contributed by atoms with Gasteiger partial charge in [0.05, 0.1) is 0 Å². The smallest absolute Gasteiger partial charge is 0.326 e. The summed E-state index contributed by atoms with van der Waals surface area (Å²) in [6.45, 7) is 0. The van der Waals surface area contributed by atoms with E-state index in [-0.39, 0.29) is 18.2 Å². The van der Waals surface area contributed by atoms with Gasteiger partial charge in [-0.3, -0.25) is 4.79 Å². The van der Waals surface area contributed by atoms with Gasteiger partial charge in [0, 0.05) is 12.3 Å². The number of carboxylic acid groups (broad SMARTS) is 1. The first kappa shape index (κ1) is 13.4. The van der Waals surface area contributed by atoms with E-state index in [1.807, 2.05) is 54.6 Å². The van der Waals surface area contributed by atoms with Crippen molar-refractivity contribution in [2.45, 2.75) is 18.4 Å². The molecule has 0 radical (unpaired) electrons. The van der Waals surface area contributed by atoms with Crippen LogP contribution in [0, 0.1) is 0 Å². The van der Waals surface area contributed by atoms with Crippen LogP contribution in [0.15, 0.2) is 54.6 Å². The van der Waals surface area contributed by atoms with Crippen LogP contribution in [0.4, 0.5) is 0 Å². The van der Waals surface area contributed by atoms with Crippen molar-refractivity contribution in [3.8, 4) is 11.1 Å². The molecule has 1 aliphatic heterocycles. The minimum absolute atomic E-state index is 0.209. The van der Waals surface area contributed by atoms with Gasteiger partial charge in [-0.25, -0.2) is 4.79 Å². The summed E-state index contributed by atoms with van der Waals surface area (Å²) in [4.78, 5) is 22.7. The molecule has 1 amide bonds. The fourth-order valence-corrected chi connectivity index (χ4v) is 2.75. The number of hydrogen-bond acceptors (Lipinski definition) is 2. The van der Waals surface area contributed by atoms with Crippen molar-refractivity contribution >= 4 is 11.9 Å². The van der Waals surface area contributed by atoms with Gasteiger partial charge in [-0.05, 0) is 16.7 Å². The van der Waals surface area contributed by atoms with Gasteiger partial charge in [0.1, 0.15) is 6.04 Å². The van der Waals surface area contributed by atoms with Crippen molar-refractivity contribution in [2.24, 2.45) is 0 Å². The van der Waals surface area contributed by atoms with Crippen LogP contribution in [0.1, 0.15) is 17.9 Å². The van der Waals surface area contributed by atoms with Crippen molar-refractivity contribution in [3.63, 3.8) is 0 Å². The fourth-order valence-electron chi connectivity index (χ4n) is 2.75. The summed E-state index contributed by atoms with van der Waals surface area (Å²) in [6.07, 6.45) is 0.224. The first-order valence-corrected chi connectivity index (χ1v) is 6.83. The van der Waals surface area contributed by atoms with E-state index < -0.39 is 12.0 Å². The lowest BCUT2D eigenvalue weighted by Crippen LogP contribution is -2.35. The summed E-state index contributed by atoms with van der Waals surface area (Å²) in [5.74, 6) is -1.50. The molecule has 4 heteroatoms. The molecule has 0 spiro atoms. The maximum atomic E-state index is 11.5. The lowest BCUT2D eigenvalue weighted by molar-refractivity contribution is -0.140. The Hall–Kier alpha value is -2.62. The average molecular weight is 281 g/mol. The molecule has 0 aliphatic carbocycles. The molecule has 2 N–H and O–H groups in total. The van der Waals surface area contributed by atoms with Crippen LogP contribution >= 0.6 is 0 Å². The van der Waals surface area contributed by atoms with Crippen molar-refractivity contribution in [2.75, 3.05) is 0 Å². The number of aliphatic carboxylic acids is 1. The van der Waals surface area contributed by atoms with E-state index in [4.69, 9.17) is 0 Å². The summed E-state index contributed by atoms with van der Waals surface area (Å²) < 4.78 is 0. The summed E-state index contributed by atoms with van der Waals surface area (Å²) in [7, 11) is 0. The quantitative estimate of drug-likeness (QED) is 0.908. The Balaban J connectivity index is 1.87. The van der Waals surface area contributed by atoms with Crippen molar-refractivity contribution in [1.82, 2.24) is 5.32 Å². The number of rotatable bonds is 3. The van der Waals surface area contributed by atoms with Crippen molar-refractivity contribution in [1.29, 1.82) is 0 Å². The lowest BCUT2D eigenvalue weighted by Gasteiger charge is -2.15. The maximum Gasteiger partial charge on any atom is 0.326 e. The largest absolute Gasteiger partial charge is 0.480 e. The predicted octanol–water partition coefficient (Wildman–Crippen LogP) is 2.41. The molecule has 0 saturated carbocycles. The molecule has 2 atom stereocenters. The fraction of sp³-hybridized carbons (Fsp3) is 0.176. The molecule has 0 aromatic heterocycles. The number of carbonyl (C=O) groups excluding carboxylic acids is 1. The monoisotopic (exact) mass is 281 g/mol. The lowest BCUT2D eigenvalue weighted by atomic mass is 9.90. The Morgan fingerprint density at radius 3 is 2.24 bits per heavy atom. The van der Waals surface area contributed by atoms with E-state index >= 15 is 0 Å². The minimum Gasteiger partial charge on any atom is -0.480 e. The number of carboxylic acids is 1. The first-order chi connectivity index (χ1) is 10.1. The third-order valence-electron chi connectivity index (χ3n) is 3.84. The van der Waals surface area contributed by atoms with Crippen LogP contribution in [0.5, 0.6) is 0 Å². The van der Waals surface area contributed by atoms with E-state index in [0.717, 1.165) is 16.7 Å². The highest BCUT2D eigenvalue weighted by Gasteiger charge is 2.38. The van der Waals surface area contributed by atoms with E-state index in [2.05, 4.69) is 5.32 Å².